The Morgan fingerprint density at radius 3 is 1.57 bits per heavy atom. The zero-order valence-electron chi connectivity index (χ0n) is 23.9. The topological polar surface area (TPSA) is 18.5 Å². The highest BCUT2D eigenvalue weighted by molar-refractivity contribution is 7.00. The van der Waals surface area contributed by atoms with Crippen molar-refractivity contribution >= 4 is 36.5 Å². The summed E-state index contributed by atoms with van der Waals surface area (Å²) >= 11 is 0. The minimum absolute atomic E-state index is 0.0290. The molecule has 0 aliphatic carbocycles. The molecule has 5 heteroatoms. The second-order valence-electron chi connectivity index (χ2n) is 10.9. The third-order valence-corrected chi connectivity index (χ3v) is 16.9. The lowest BCUT2D eigenvalue weighted by molar-refractivity contribution is 0.0572. The minimum Gasteiger partial charge on any atom is -0.414 e. The van der Waals surface area contributed by atoms with Crippen LogP contribution in [0.5, 0.6) is 0 Å². The maximum absolute atomic E-state index is 8.11. The predicted octanol–water partition coefficient (Wildman–Crippen LogP) is 7.01. The first kappa shape index (κ1) is 30.2. The van der Waals surface area contributed by atoms with E-state index in [4.69, 9.17) is 8.85 Å². The molecule has 2 unspecified atom stereocenters. The van der Waals surface area contributed by atoms with Crippen LogP contribution in [-0.2, 0) is 8.85 Å². The first-order valence-corrected chi connectivity index (χ1v) is 21.8. The minimum atomic E-state index is -2.85. The SMILES string of the molecule is CCCCC(CCC)(O[Si](c1ccccc1)(c1ccccc1)C(CC)(CCC)O[SiH](C)C)[SiH](C)C. The van der Waals surface area contributed by atoms with Gasteiger partial charge in [-0.05, 0) is 49.2 Å². The van der Waals surface area contributed by atoms with Crippen LogP contribution in [0.3, 0.4) is 0 Å². The van der Waals surface area contributed by atoms with Crippen molar-refractivity contribution in [1.82, 2.24) is 0 Å². The fourth-order valence-corrected chi connectivity index (χ4v) is 16.8. The molecule has 0 spiro atoms. The van der Waals surface area contributed by atoms with Gasteiger partial charge in [0.1, 0.15) is 0 Å². The van der Waals surface area contributed by atoms with Crippen molar-refractivity contribution in [3.63, 3.8) is 0 Å². The summed E-state index contributed by atoms with van der Waals surface area (Å²) in [6, 6.07) is 22.5. The second kappa shape index (κ2) is 14.1. The van der Waals surface area contributed by atoms with Gasteiger partial charge in [-0.3, -0.25) is 0 Å². The van der Waals surface area contributed by atoms with Crippen LogP contribution in [0.15, 0.2) is 60.7 Å². The number of unbranched alkanes of at least 4 members (excludes halogenated alkanes) is 1. The van der Waals surface area contributed by atoms with E-state index in [1.54, 1.807) is 0 Å². The molecule has 0 aliphatic heterocycles. The molecule has 35 heavy (non-hydrogen) atoms. The molecule has 0 amide bonds. The fraction of sp³-hybridized carbons (Fsp3) is 0.600. The standard InChI is InChI=1S/C30H52O2Si3/c1-9-13-26-29(24-10-2,33(5)6)32-35(27-20-16-14-17-21-27,28-22-18-15-19-23-28)30(12-4,25-11-3)31-34(7)8/h14-23,33-34H,9-13,24-26H2,1-8H3. The van der Waals surface area contributed by atoms with Crippen molar-refractivity contribution in [2.75, 3.05) is 0 Å². The van der Waals surface area contributed by atoms with Crippen molar-refractivity contribution in [2.45, 2.75) is 116 Å². The van der Waals surface area contributed by atoms with Crippen LogP contribution in [0, 0.1) is 0 Å². The summed E-state index contributed by atoms with van der Waals surface area (Å²) in [4.78, 5) is 0. The molecule has 0 aliphatic rings. The molecule has 0 saturated carbocycles. The average Bonchev–Trinajstić information content (AvgIpc) is 2.86. The van der Waals surface area contributed by atoms with Crippen LogP contribution in [0.25, 0.3) is 0 Å². The monoisotopic (exact) mass is 528 g/mol. The van der Waals surface area contributed by atoms with E-state index >= 15 is 0 Å². The average molecular weight is 529 g/mol. The van der Waals surface area contributed by atoms with E-state index in [9.17, 15) is 0 Å². The smallest absolute Gasteiger partial charge is 0.286 e. The van der Waals surface area contributed by atoms with Crippen molar-refractivity contribution in [3.05, 3.63) is 60.7 Å². The van der Waals surface area contributed by atoms with Gasteiger partial charge in [0.05, 0.1) is 14.0 Å². The Morgan fingerprint density at radius 2 is 1.20 bits per heavy atom. The van der Waals surface area contributed by atoms with Gasteiger partial charge >= 0.3 is 0 Å². The van der Waals surface area contributed by atoms with Crippen molar-refractivity contribution in [3.8, 4) is 0 Å². The Kier molecular flexibility index (Phi) is 12.2. The number of rotatable bonds is 16. The molecule has 2 aromatic rings. The summed E-state index contributed by atoms with van der Waals surface area (Å²) in [5.74, 6) is 0. The Labute approximate surface area is 221 Å². The lowest BCUT2D eigenvalue weighted by atomic mass is 10.1. The molecule has 0 saturated heterocycles. The van der Waals surface area contributed by atoms with Gasteiger partial charge < -0.3 is 8.85 Å². The van der Waals surface area contributed by atoms with Crippen LogP contribution in [-0.4, -0.2) is 36.6 Å². The Hall–Kier alpha value is -0.989. The normalized spacial score (nSPS) is 15.8. The Balaban J connectivity index is 3.01. The van der Waals surface area contributed by atoms with E-state index < -0.39 is 26.2 Å². The van der Waals surface area contributed by atoms with Crippen LogP contribution >= 0.6 is 0 Å². The van der Waals surface area contributed by atoms with Crippen molar-refractivity contribution < 1.29 is 8.85 Å². The van der Waals surface area contributed by atoms with E-state index in [1.807, 2.05) is 0 Å². The van der Waals surface area contributed by atoms with Gasteiger partial charge in [0.15, 0.2) is 9.04 Å². The highest BCUT2D eigenvalue weighted by Gasteiger charge is 2.61. The summed E-state index contributed by atoms with van der Waals surface area (Å²) in [5, 5.41) is 2.45. The first-order valence-electron chi connectivity index (χ1n) is 14.3. The zero-order chi connectivity index (χ0) is 26.0. The van der Waals surface area contributed by atoms with Gasteiger partial charge in [0.25, 0.3) is 8.32 Å². The molecule has 0 radical (unpaired) electrons. The third kappa shape index (κ3) is 6.67. The van der Waals surface area contributed by atoms with Gasteiger partial charge in [0.2, 0.25) is 0 Å². The molecule has 0 heterocycles. The summed E-state index contributed by atoms with van der Waals surface area (Å²) in [6.45, 7) is 19.0. The molecule has 2 nitrogen and oxygen atoms in total. The van der Waals surface area contributed by atoms with E-state index in [-0.39, 0.29) is 10.4 Å². The largest absolute Gasteiger partial charge is 0.414 e. The molecular formula is C30H52O2Si3. The molecule has 2 atom stereocenters. The highest BCUT2D eigenvalue weighted by atomic mass is 28.4. The van der Waals surface area contributed by atoms with Crippen LogP contribution < -0.4 is 10.4 Å². The molecule has 2 aromatic carbocycles. The molecule has 0 aromatic heterocycles. The molecule has 196 valence electrons. The quantitative estimate of drug-likeness (QED) is 0.218. The molecule has 0 fully saturated rings. The van der Waals surface area contributed by atoms with Crippen LogP contribution in [0.4, 0.5) is 0 Å². The molecule has 0 N–H and O–H groups in total. The van der Waals surface area contributed by atoms with Gasteiger partial charge in [-0.25, -0.2) is 0 Å². The Bertz CT molecular complexity index is 804. The van der Waals surface area contributed by atoms with Crippen molar-refractivity contribution in [2.24, 2.45) is 0 Å². The number of benzene rings is 2. The summed E-state index contributed by atoms with van der Waals surface area (Å²) in [7, 11) is -5.39. The zero-order valence-corrected chi connectivity index (χ0v) is 27.2. The van der Waals surface area contributed by atoms with Gasteiger partial charge in [-0.15, -0.1) is 0 Å². The van der Waals surface area contributed by atoms with E-state index in [0.717, 1.165) is 32.1 Å². The maximum Gasteiger partial charge on any atom is 0.286 e. The van der Waals surface area contributed by atoms with Crippen LogP contribution in [0.1, 0.15) is 79.1 Å². The Morgan fingerprint density at radius 1 is 0.686 bits per heavy atom. The van der Waals surface area contributed by atoms with E-state index in [2.05, 4.69) is 115 Å². The van der Waals surface area contributed by atoms with Gasteiger partial charge in [-0.2, -0.15) is 0 Å². The van der Waals surface area contributed by atoms with Gasteiger partial charge in [0, 0.05) is 5.22 Å². The lowest BCUT2D eigenvalue weighted by Gasteiger charge is -2.55. The summed E-state index contributed by atoms with van der Waals surface area (Å²) in [6.07, 6.45) is 9.04. The molecular weight excluding hydrogens is 477 g/mol. The summed E-state index contributed by atoms with van der Waals surface area (Å²) in [5.41, 5.74) is 0. The van der Waals surface area contributed by atoms with Crippen LogP contribution in [0.2, 0.25) is 26.2 Å². The van der Waals surface area contributed by atoms with Gasteiger partial charge in [-0.1, -0.05) is 127 Å². The predicted molar refractivity (Wildman–Crippen MR) is 163 cm³/mol. The number of hydrogen-bond acceptors (Lipinski definition) is 2. The second-order valence-corrected chi connectivity index (χ2v) is 20.2. The van der Waals surface area contributed by atoms with E-state index in [1.165, 1.54) is 29.6 Å². The third-order valence-electron chi connectivity index (χ3n) is 7.72. The maximum atomic E-state index is 8.11. The van der Waals surface area contributed by atoms with Crippen molar-refractivity contribution in [1.29, 1.82) is 0 Å². The number of hydrogen-bond donors (Lipinski definition) is 0. The fourth-order valence-electron chi connectivity index (χ4n) is 6.06. The first-order chi connectivity index (χ1) is 16.8. The molecule has 0 bridgehead atoms. The molecule has 2 rings (SSSR count). The highest BCUT2D eigenvalue weighted by Crippen LogP contribution is 2.41. The summed E-state index contributed by atoms with van der Waals surface area (Å²) < 4.78 is 15.4. The lowest BCUT2D eigenvalue weighted by Crippen LogP contribution is -2.79. The van der Waals surface area contributed by atoms with E-state index in [0.29, 0.717) is 0 Å².